The monoisotopic (exact) mass is 483 g/mol. The molecule has 2 heterocycles. The summed E-state index contributed by atoms with van der Waals surface area (Å²) in [6.45, 7) is 5.42. The molecule has 1 amide bonds. The van der Waals surface area contributed by atoms with Gasteiger partial charge in [0.2, 0.25) is 5.91 Å². The van der Waals surface area contributed by atoms with Crippen LogP contribution >= 0.6 is 0 Å². The number of unbranched alkanes of at least 4 members (excludes halogenated alkanes) is 3. The molecular formula is C27H41N5O3. The molecule has 3 fully saturated rings. The zero-order valence-corrected chi connectivity index (χ0v) is 21.4. The maximum atomic E-state index is 13.0. The highest BCUT2D eigenvalue weighted by molar-refractivity contribution is 5.77. The Morgan fingerprint density at radius 2 is 1.77 bits per heavy atom. The van der Waals surface area contributed by atoms with Gasteiger partial charge < -0.3 is 9.88 Å². The van der Waals surface area contributed by atoms with Crippen LogP contribution in [0.2, 0.25) is 0 Å². The second-order valence-corrected chi connectivity index (χ2v) is 11.2. The standard InChI is InChI=1S/C27H41N5O3/c1-3-5-7-14-31-22(29-25-24(31)26(34)30-27(35)32(25)13-6-4-2)11-12-23(33)28-21-16-17-15-20(21)19-10-8-9-18(17)19/h17-21H,3-16H2,1-2H3,(H,28,33)(H,30,34,35). The lowest BCUT2D eigenvalue weighted by Crippen LogP contribution is -2.42. The van der Waals surface area contributed by atoms with Crippen LogP contribution in [0.15, 0.2) is 9.59 Å². The van der Waals surface area contributed by atoms with Crippen molar-refractivity contribution in [1.29, 1.82) is 0 Å². The molecule has 5 unspecified atom stereocenters. The van der Waals surface area contributed by atoms with Gasteiger partial charge >= 0.3 is 5.69 Å². The largest absolute Gasteiger partial charge is 0.353 e. The highest BCUT2D eigenvalue weighted by atomic mass is 16.2. The molecule has 0 radical (unpaired) electrons. The van der Waals surface area contributed by atoms with Crippen molar-refractivity contribution in [2.45, 2.75) is 110 Å². The maximum Gasteiger partial charge on any atom is 0.330 e. The van der Waals surface area contributed by atoms with E-state index in [9.17, 15) is 14.4 Å². The number of aromatic nitrogens is 4. The number of rotatable bonds is 11. The Morgan fingerprint density at radius 3 is 2.57 bits per heavy atom. The second kappa shape index (κ2) is 10.3. The van der Waals surface area contributed by atoms with E-state index >= 15 is 0 Å². The Labute approximate surface area is 206 Å². The van der Waals surface area contributed by atoms with Gasteiger partial charge in [-0.25, -0.2) is 9.78 Å². The fraction of sp³-hybridized carbons (Fsp3) is 0.778. The van der Waals surface area contributed by atoms with Crippen molar-refractivity contribution in [2.24, 2.45) is 23.7 Å². The molecule has 3 aliphatic carbocycles. The Hall–Kier alpha value is -2.38. The quantitative estimate of drug-likeness (QED) is 0.475. The number of nitrogens with one attached hydrogen (secondary N) is 2. The summed E-state index contributed by atoms with van der Waals surface area (Å²) in [4.78, 5) is 45.6. The molecule has 5 rings (SSSR count). The van der Waals surface area contributed by atoms with Crippen LogP contribution in [-0.4, -0.2) is 31.1 Å². The van der Waals surface area contributed by atoms with Crippen molar-refractivity contribution in [3.63, 3.8) is 0 Å². The normalized spacial score (nSPS) is 27.1. The highest BCUT2D eigenvalue weighted by Gasteiger charge is 2.53. The van der Waals surface area contributed by atoms with E-state index in [1.54, 1.807) is 4.57 Å². The van der Waals surface area contributed by atoms with Crippen molar-refractivity contribution in [3.8, 4) is 0 Å². The molecular weight excluding hydrogens is 442 g/mol. The van der Waals surface area contributed by atoms with Crippen LogP contribution in [0, 0.1) is 23.7 Å². The number of hydrogen-bond acceptors (Lipinski definition) is 4. The van der Waals surface area contributed by atoms with Gasteiger partial charge in [-0.2, -0.15) is 0 Å². The van der Waals surface area contributed by atoms with Crippen molar-refractivity contribution in [2.75, 3.05) is 0 Å². The topological polar surface area (TPSA) is 102 Å². The van der Waals surface area contributed by atoms with Gasteiger partial charge in [0.25, 0.3) is 5.56 Å². The van der Waals surface area contributed by atoms with Crippen LogP contribution in [0.25, 0.3) is 11.2 Å². The van der Waals surface area contributed by atoms with Gasteiger partial charge in [-0.3, -0.25) is 19.1 Å². The molecule has 3 saturated carbocycles. The first-order valence-corrected chi connectivity index (χ1v) is 14.0. The molecule has 5 atom stereocenters. The van der Waals surface area contributed by atoms with Gasteiger partial charge in [0.05, 0.1) is 0 Å². The number of hydrogen-bond donors (Lipinski definition) is 2. The molecule has 0 spiro atoms. The Balaban J connectivity index is 1.33. The molecule has 3 aliphatic rings. The third-order valence-corrected chi connectivity index (χ3v) is 9.04. The van der Waals surface area contributed by atoms with E-state index in [1.807, 2.05) is 4.57 Å². The van der Waals surface area contributed by atoms with Crippen LogP contribution in [0.3, 0.4) is 0 Å². The molecule has 0 saturated heterocycles. The summed E-state index contributed by atoms with van der Waals surface area (Å²) in [5.74, 6) is 4.04. The zero-order chi connectivity index (χ0) is 24.5. The van der Waals surface area contributed by atoms with Crippen molar-refractivity contribution in [3.05, 3.63) is 26.7 Å². The van der Waals surface area contributed by atoms with E-state index in [2.05, 4.69) is 24.1 Å². The number of amides is 1. The van der Waals surface area contributed by atoms with Gasteiger partial charge in [-0.1, -0.05) is 39.5 Å². The number of carbonyl (C=O) groups is 1. The minimum atomic E-state index is -0.403. The second-order valence-electron chi connectivity index (χ2n) is 11.2. The van der Waals surface area contributed by atoms with E-state index in [4.69, 9.17) is 4.98 Å². The summed E-state index contributed by atoms with van der Waals surface area (Å²) in [6, 6.07) is 0.331. The van der Waals surface area contributed by atoms with Gasteiger partial charge in [-0.15, -0.1) is 0 Å². The van der Waals surface area contributed by atoms with Gasteiger partial charge in [0.1, 0.15) is 5.82 Å². The Bertz CT molecular complexity index is 1180. The number of fused-ring (bicyclic) bond motifs is 6. The average Bonchev–Trinajstić information content (AvgIpc) is 3.59. The van der Waals surface area contributed by atoms with Gasteiger partial charge in [-0.05, 0) is 62.2 Å². The molecule has 192 valence electrons. The summed E-state index contributed by atoms with van der Waals surface area (Å²) in [5, 5.41) is 3.36. The van der Waals surface area contributed by atoms with Gasteiger partial charge in [0.15, 0.2) is 11.2 Å². The van der Waals surface area contributed by atoms with Crippen LogP contribution in [0.4, 0.5) is 0 Å². The number of H-pyrrole nitrogens is 1. The summed E-state index contributed by atoms with van der Waals surface area (Å²) < 4.78 is 3.55. The number of aryl methyl sites for hydroxylation is 3. The number of carbonyl (C=O) groups excluding carboxylic acids is 1. The van der Waals surface area contributed by atoms with Gasteiger partial charge in [0, 0.05) is 32.0 Å². The SMILES string of the molecule is CCCCCn1c(CCC(=O)NC2CC3CC2C2CCCC32)nc2c1c(=O)[nH]c(=O)n2CCCC. The Kier molecular flexibility index (Phi) is 7.17. The van der Waals surface area contributed by atoms with Crippen LogP contribution in [0.1, 0.15) is 90.3 Å². The molecule has 0 aliphatic heterocycles. The molecule has 8 heteroatoms. The number of imidazole rings is 1. The first kappa shape index (κ1) is 24.3. The first-order valence-electron chi connectivity index (χ1n) is 14.0. The maximum absolute atomic E-state index is 13.0. The van der Waals surface area contributed by atoms with E-state index in [0.29, 0.717) is 49.1 Å². The summed E-state index contributed by atoms with van der Waals surface area (Å²) in [7, 11) is 0. The molecule has 35 heavy (non-hydrogen) atoms. The van der Waals surface area contributed by atoms with E-state index in [-0.39, 0.29) is 11.5 Å². The molecule has 2 bridgehead atoms. The highest BCUT2D eigenvalue weighted by Crippen LogP contribution is 2.58. The summed E-state index contributed by atoms with van der Waals surface area (Å²) in [6.07, 6.45) is 12.2. The number of aromatic amines is 1. The fourth-order valence-electron chi connectivity index (χ4n) is 7.43. The third-order valence-electron chi connectivity index (χ3n) is 9.04. The smallest absolute Gasteiger partial charge is 0.330 e. The number of nitrogens with zero attached hydrogens (tertiary/aromatic N) is 3. The summed E-state index contributed by atoms with van der Waals surface area (Å²) in [5.41, 5.74) is 0.137. The lowest BCUT2D eigenvalue weighted by molar-refractivity contribution is -0.122. The predicted octanol–water partition coefficient (Wildman–Crippen LogP) is 3.75. The van der Waals surface area contributed by atoms with Crippen LogP contribution < -0.4 is 16.6 Å². The lowest BCUT2D eigenvalue weighted by Gasteiger charge is -2.32. The lowest BCUT2D eigenvalue weighted by atomic mass is 9.79. The van der Waals surface area contributed by atoms with E-state index in [0.717, 1.165) is 62.1 Å². The molecule has 2 aromatic heterocycles. The van der Waals surface area contributed by atoms with Crippen LogP contribution in [0.5, 0.6) is 0 Å². The van der Waals surface area contributed by atoms with Crippen molar-refractivity contribution in [1.82, 2.24) is 24.4 Å². The predicted molar refractivity (Wildman–Crippen MR) is 136 cm³/mol. The van der Waals surface area contributed by atoms with Crippen molar-refractivity contribution < 1.29 is 4.79 Å². The third kappa shape index (κ3) is 4.60. The van der Waals surface area contributed by atoms with Crippen LogP contribution in [-0.2, 0) is 24.3 Å². The minimum Gasteiger partial charge on any atom is -0.353 e. The Morgan fingerprint density at radius 1 is 1.00 bits per heavy atom. The van der Waals surface area contributed by atoms with Crippen molar-refractivity contribution >= 4 is 17.1 Å². The zero-order valence-electron chi connectivity index (χ0n) is 21.4. The average molecular weight is 484 g/mol. The molecule has 8 nitrogen and oxygen atoms in total. The van der Waals surface area contributed by atoms with E-state index < -0.39 is 5.69 Å². The molecule has 0 aromatic carbocycles. The molecule has 2 N–H and O–H groups in total. The van der Waals surface area contributed by atoms with E-state index in [1.165, 1.54) is 25.7 Å². The minimum absolute atomic E-state index is 0.0848. The fourth-order valence-corrected chi connectivity index (χ4v) is 7.43. The molecule has 2 aromatic rings. The summed E-state index contributed by atoms with van der Waals surface area (Å²) >= 11 is 0. The first-order chi connectivity index (χ1) is 17.0.